The normalized spacial score (nSPS) is 10.2. The summed E-state index contributed by atoms with van der Waals surface area (Å²) in [6, 6.07) is 14.3. The largest absolute Gasteiger partial charge is 0.492 e. The van der Waals surface area contributed by atoms with Gasteiger partial charge in [-0.3, -0.25) is 4.79 Å². The molecule has 0 aliphatic carbocycles. The molecule has 5 heteroatoms. The predicted octanol–water partition coefficient (Wildman–Crippen LogP) is 4.14. The van der Waals surface area contributed by atoms with Crippen LogP contribution in [0.4, 0.5) is 0 Å². The van der Waals surface area contributed by atoms with Crippen molar-refractivity contribution >= 4 is 29.1 Å². The van der Waals surface area contributed by atoms with E-state index in [1.165, 1.54) is 0 Å². The van der Waals surface area contributed by atoms with Gasteiger partial charge in [-0.25, -0.2) is 0 Å². The van der Waals surface area contributed by atoms with Gasteiger partial charge in [0.25, 0.3) is 5.91 Å². The van der Waals surface area contributed by atoms with Crippen LogP contribution in [0, 0.1) is 0 Å². The van der Waals surface area contributed by atoms with Gasteiger partial charge >= 0.3 is 0 Å². The topological polar surface area (TPSA) is 29.5 Å². The molecule has 0 aliphatic heterocycles. The van der Waals surface area contributed by atoms with Crippen molar-refractivity contribution in [3.05, 3.63) is 64.1 Å². The van der Waals surface area contributed by atoms with E-state index in [0.717, 1.165) is 5.75 Å². The maximum absolute atomic E-state index is 12.2. The van der Waals surface area contributed by atoms with Gasteiger partial charge < -0.3 is 9.64 Å². The summed E-state index contributed by atoms with van der Waals surface area (Å²) in [6.07, 6.45) is 0. The van der Waals surface area contributed by atoms with Crippen LogP contribution >= 0.6 is 23.2 Å². The molecule has 0 bridgehead atoms. The number of carbonyl (C=O) groups is 1. The number of halogens is 2. The highest BCUT2D eigenvalue weighted by Crippen LogP contribution is 2.20. The minimum absolute atomic E-state index is 0.143. The molecule has 0 saturated carbocycles. The Morgan fingerprint density at radius 1 is 1.10 bits per heavy atom. The first-order valence-electron chi connectivity index (χ1n) is 6.45. The Bertz CT molecular complexity index is 597. The number of benzene rings is 2. The standard InChI is InChI=1S/C16H15Cl2NO2/c1-19(7-8-21-15-5-3-2-4-6-15)16(20)12-9-13(17)11-14(18)10-12/h2-6,9-11H,7-8H2,1H3. The molecule has 0 aromatic heterocycles. The minimum Gasteiger partial charge on any atom is -0.492 e. The average molecular weight is 324 g/mol. The third kappa shape index (κ3) is 4.66. The SMILES string of the molecule is CN(CCOc1ccccc1)C(=O)c1cc(Cl)cc(Cl)c1. The fourth-order valence-electron chi connectivity index (χ4n) is 1.82. The summed E-state index contributed by atoms with van der Waals surface area (Å²) >= 11 is 11.8. The molecule has 0 radical (unpaired) electrons. The summed E-state index contributed by atoms with van der Waals surface area (Å²) in [5.41, 5.74) is 0.467. The van der Waals surface area contributed by atoms with Crippen LogP contribution in [0.15, 0.2) is 48.5 Å². The van der Waals surface area contributed by atoms with E-state index in [9.17, 15) is 4.79 Å². The van der Waals surface area contributed by atoms with E-state index in [0.29, 0.717) is 28.8 Å². The Kier molecular flexibility index (Phi) is 5.48. The van der Waals surface area contributed by atoms with Gasteiger partial charge in [0, 0.05) is 22.7 Å². The Labute approximate surface area is 134 Å². The number of hydrogen-bond acceptors (Lipinski definition) is 2. The molecule has 21 heavy (non-hydrogen) atoms. The molecule has 3 nitrogen and oxygen atoms in total. The van der Waals surface area contributed by atoms with Crippen molar-refractivity contribution in [3.63, 3.8) is 0 Å². The van der Waals surface area contributed by atoms with Crippen molar-refractivity contribution in [3.8, 4) is 5.75 Å². The van der Waals surface area contributed by atoms with Crippen molar-refractivity contribution in [2.24, 2.45) is 0 Å². The van der Waals surface area contributed by atoms with Crippen LogP contribution in [0.2, 0.25) is 10.0 Å². The molecular weight excluding hydrogens is 309 g/mol. The molecule has 0 spiro atoms. The number of amides is 1. The lowest BCUT2D eigenvalue weighted by Gasteiger charge is -2.18. The number of hydrogen-bond donors (Lipinski definition) is 0. The second-order valence-corrected chi connectivity index (χ2v) is 5.42. The van der Waals surface area contributed by atoms with Crippen LogP contribution in [-0.2, 0) is 0 Å². The smallest absolute Gasteiger partial charge is 0.253 e. The molecule has 2 rings (SSSR count). The zero-order valence-corrected chi connectivity index (χ0v) is 13.1. The zero-order valence-electron chi connectivity index (χ0n) is 11.6. The van der Waals surface area contributed by atoms with E-state index in [-0.39, 0.29) is 5.91 Å². The van der Waals surface area contributed by atoms with Gasteiger partial charge in [0.2, 0.25) is 0 Å². The molecule has 0 N–H and O–H groups in total. The van der Waals surface area contributed by atoms with Gasteiger partial charge in [-0.2, -0.15) is 0 Å². The Morgan fingerprint density at radius 2 is 1.71 bits per heavy atom. The second kappa shape index (κ2) is 7.34. The summed E-state index contributed by atoms with van der Waals surface area (Å²) in [5.74, 6) is 0.639. The van der Waals surface area contributed by atoms with Crippen LogP contribution in [0.3, 0.4) is 0 Å². The number of likely N-dealkylation sites (N-methyl/N-ethyl adjacent to an activating group) is 1. The Morgan fingerprint density at radius 3 is 2.33 bits per heavy atom. The van der Waals surface area contributed by atoms with E-state index < -0.39 is 0 Å². The number of rotatable bonds is 5. The summed E-state index contributed by atoms with van der Waals surface area (Å²) in [6.45, 7) is 0.887. The van der Waals surface area contributed by atoms with Crippen molar-refractivity contribution in [2.45, 2.75) is 0 Å². The fraction of sp³-hybridized carbons (Fsp3) is 0.188. The van der Waals surface area contributed by atoms with Crippen molar-refractivity contribution in [1.29, 1.82) is 0 Å². The third-order valence-electron chi connectivity index (χ3n) is 2.89. The van der Waals surface area contributed by atoms with Crippen LogP contribution in [0.25, 0.3) is 0 Å². The molecule has 110 valence electrons. The number of carbonyl (C=O) groups excluding carboxylic acids is 1. The van der Waals surface area contributed by atoms with E-state index >= 15 is 0 Å². The maximum atomic E-state index is 12.2. The van der Waals surface area contributed by atoms with E-state index in [1.807, 2.05) is 30.3 Å². The van der Waals surface area contributed by atoms with Gasteiger partial charge in [-0.15, -0.1) is 0 Å². The third-order valence-corrected chi connectivity index (χ3v) is 3.33. The van der Waals surface area contributed by atoms with Gasteiger partial charge in [0.15, 0.2) is 0 Å². The molecular formula is C16H15Cl2NO2. The molecule has 0 saturated heterocycles. The number of nitrogens with zero attached hydrogens (tertiary/aromatic N) is 1. The van der Waals surface area contributed by atoms with Crippen LogP contribution in [0.1, 0.15) is 10.4 Å². The molecule has 0 heterocycles. The van der Waals surface area contributed by atoms with E-state index in [1.54, 1.807) is 30.1 Å². The molecule has 0 unspecified atom stereocenters. The monoisotopic (exact) mass is 323 g/mol. The molecule has 2 aromatic carbocycles. The molecule has 2 aromatic rings. The van der Waals surface area contributed by atoms with Crippen molar-refractivity contribution < 1.29 is 9.53 Å². The van der Waals surface area contributed by atoms with Crippen LogP contribution in [0.5, 0.6) is 5.75 Å². The van der Waals surface area contributed by atoms with Gasteiger partial charge in [0.1, 0.15) is 12.4 Å². The highest BCUT2D eigenvalue weighted by Gasteiger charge is 2.13. The average Bonchev–Trinajstić information content (AvgIpc) is 2.46. The zero-order chi connectivity index (χ0) is 15.2. The molecule has 0 atom stereocenters. The minimum atomic E-state index is -0.143. The summed E-state index contributed by atoms with van der Waals surface area (Å²) < 4.78 is 5.56. The Balaban J connectivity index is 1.90. The molecule has 0 fully saturated rings. The lowest BCUT2D eigenvalue weighted by molar-refractivity contribution is 0.0774. The van der Waals surface area contributed by atoms with Gasteiger partial charge in [-0.05, 0) is 30.3 Å². The highest BCUT2D eigenvalue weighted by molar-refractivity contribution is 6.35. The van der Waals surface area contributed by atoms with E-state index in [2.05, 4.69) is 0 Å². The first-order valence-corrected chi connectivity index (χ1v) is 7.21. The van der Waals surface area contributed by atoms with Crippen molar-refractivity contribution in [1.82, 2.24) is 4.90 Å². The first-order chi connectivity index (χ1) is 10.1. The van der Waals surface area contributed by atoms with Crippen LogP contribution in [-0.4, -0.2) is 31.0 Å². The van der Waals surface area contributed by atoms with E-state index in [4.69, 9.17) is 27.9 Å². The summed E-state index contributed by atoms with van der Waals surface area (Å²) in [7, 11) is 1.71. The van der Waals surface area contributed by atoms with Crippen LogP contribution < -0.4 is 4.74 Å². The summed E-state index contributed by atoms with van der Waals surface area (Å²) in [4.78, 5) is 13.8. The maximum Gasteiger partial charge on any atom is 0.253 e. The lowest BCUT2D eigenvalue weighted by atomic mass is 10.2. The van der Waals surface area contributed by atoms with Crippen molar-refractivity contribution in [2.75, 3.05) is 20.2 Å². The fourth-order valence-corrected chi connectivity index (χ4v) is 2.34. The number of ether oxygens (including phenoxy) is 1. The quantitative estimate of drug-likeness (QED) is 0.827. The molecule has 0 aliphatic rings. The Hall–Kier alpha value is -1.71. The highest BCUT2D eigenvalue weighted by atomic mass is 35.5. The second-order valence-electron chi connectivity index (χ2n) is 4.55. The summed E-state index contributed by atoms with van der Waals surface area (Å²) in [5, 5.41) is 0.888. The van der Waals surface area contributed by atoms with Gasteiger partial charge in [-0.1, -0.05) is 41.4 Å². The lowest BCUT2D eigenvalue weighted by Crippen LogP contribution is -2.30. The first kappa shape index (κ1) is 15.7. The van der Waals surface area contributed by atoms with Gasteiger partial charge in [0.05, 0.1) is 6.54 Å². The predicted molar refractivity (Wildman–Crippen MR) is 85.4 cm³/mol. The number of para-hydroxylation sites is 1. The molecule has 1 amide bonds.